The summed E-state index contributed by atoms with van der Waals surface area (Å²) in [5.41, 5.74) is -0.0317. The fraction of sp³-hybridized carbons (Fsp3) is 0.500. The van der Waals surface area contributed by atoms with Crippen molar-refractivity contribution in [3.63, 3.8) is 0 Å². The van der Waals surface area contributed by atoms with Crippen molar-refractivity contribution in [1.82, 2.24) is 4.98 Å². The summed E-state index contributed by atoms with van der Waals surface area (Å²) in [5, 5.41) is 13.7. The molecule has 0 saturated carbocycles. The molecule has 17 heavy (non-hydrogen) atoms. The summed E-state index contributed by atoms with van der Waals surface area (Å²) in [5.74, 6) is 0.287. The standard InChI is InChI=1S/C10H14BrN3O3/c1-2-17-5-3-4-12-10-9(14(15)16)6-8(11)7-13-10/h6-7H,2-5H2,1H3,(H,12,13). The van der Waals surface area contributed by atoms with Gasteiger partial charge in [-0.3, -0.25) is 10.1 Å². The third-order valence-electron chi connectivity index (χ3n) is 1.99. The highest BCUT2D eigenvalue weighted by atomic mass is 79.9. The first-order valence-corrected chi connectivity index (χ1v) is 6.06. The van der Waals surface area contributed by atoms with E-state index in [-0.39, 0.29) is 11.5 Å². The van der Waals surface area contributed by atoms with Crippen molar-refractivity contribution in [3.05, 3.63) is 26.9 Å². The van der Waals surface area contributed by atoms with Crippen LogP contribution in [-0.2, 0) is 4.74 Å². The maximum atomic E-state index is 10.8. The number of nitrogens with one attached hydrogen (secondary N) is 1. The second-order valence-corrected chi connectivity index (χ2v) is 4.17. The Morgan fingerprint density at radius 1 is 1.65 bits per heavy atom. The van der Waals surface area contributed by atoms with E-state index in [1.165, 1.54) is 12.3 Å². The monoisotopic (exact) mass is 303 g/mol. The van der Waals surface area contributed by atoms with E-state index < -0.39 is 4.92 Å². The molecule has 7 heteroatoms. The lowest BCUT2D eigenvalue weighted by molar-refractivity contribution is -0.384. The summed E-state index contributed by atoms with van der Waals surface area (Å²) in [6, 6.07) is 1.43. The van der Waals surface area contributed by atoms with Crippen molar-refractivity contribution >= 4 is 27.4 Å². The molecule has 0 atom stereocenters. The fourth-order valence-corrected chi connectivity index (χ4v) is 1.55. The number of aromatic nitrogens is 1. The van der Waals surface area contributed by atoms with Gasteiger partial charge in [-0.1, -0.05) is 0 Å². The van der Waals surface area contributed by atoms with Crippen LogP contribution < -0.4 is 5.32 Å². The molecule has 0 saturated heterocycles. The molecule has 1 rings (SSSR count). The predicted octanol–water partition coefficient (Wildman–Crippen LogP) is 2.59. The first kappa shape index (κ1) is 13.9. The van der Waals surface area contributed by atoms with E-state index in [1.54, 1.807) is 0 Å². The lowest BCUT2D eigenvalue weighted by atomic mass is 10.3. The molecule has 0 aromatic carbocycles. The molecule has 1 heterocycles. The minimum absolute atomic E-state index is 0.0317. The zero-order valence-electron chi connectivity index (χ0n) is 9.48. The molecule has 0 bridgehead atoms. The molecule has 94 valence electrons. The highest BCUT2D eigenvalue weighted by Crippen LogP contribution is 2.24. The summed E-state index contributed by atoms with van der Waals surface area (Å²) in [6.45, 7) is 3.83. The highest BCUT2D eigenvalue weighted by molar-refractivity contribution is 9.10. The first-order valence-electron chi connectivity index (χ1n) is 5.26. The van der Waals surface area contributed by atoms with Crippen LogP contribution in [0.4, 0.5) is 11.5 Å². The molecule has 0 aliphatic rings. The van der Waals surface area contributed by atoms with Crippen LogP contribution in [-0.4, -0.2) is 29.7 Å². The van der Waals surface area contributed by atoms with Crippen LogP contribution in [0, 0.1) is 10.1 Å². The molecule has 1 N–H and O–H groups in total. The molecule has 0 radical (unpaired) electrons. The van der Waals surface area contributed by atoms with E-state index in [9.17, 15) is 10.1 Å². The molecule has 0 unspecified atom stereocenters. The Labute approximate surface area is 108 Å². The van der Waals surface area contributed by atoms with Crippen molar-refractivity contribution in [2.75, 3.05) is 25.1 Å². The normalized spacial score (nSPS) is 10.2. The number of halogens is 1. The smallest absolute Gasteiger partial charge is 0.312 e. The Kier molecular flexibility index (Phi) is 5.85. The largest absolute Gasteiger partial charge is 0.382 e. The van der Waals surface area contributed by atoms with Crippen molar-refractivity contribution in [2.45, 2.75) is 13.3 Å². The summed E-state index contributed by atoms with van der Waals surface area (Å²) in [4.78, 5) is 14.3. The average Bonchev–Trinajstić information content (AvgIpc) is 2.30. The Bertz CT molecular complexity index is 387. The lowest BCUT2D eigenvalue weighted by Gasteiger charge is -2.06. The van der Waals surface area contributed by atoms with Gasteiger partial charge >= 0.3 is 5.69 Å². The van der Waals surface area contributed by atoms with Crippen LogP contribution in [0.3, 0.4) is 0 Å². The third kappa shape index (κ3) is 4.66. The van der Waals surface area contributed by atoms with E-state index in [4.69, 9.17) is 4.74 Å². The second kappa shape index (κ2) is 7.18. The van der Waals surface area contributed by atoms with Crippen LogP contribution in [0.25, 0.3) is 0 Å². The van der Waals surface area contributed by atoms with Gasteiger partial charge in [0.25, 0.3) is 0 Å². The number of nitro groups is 1. The number of nitrogens with zero attached hydrogens (tertiary/aromatic N) is 2. The van der Waals surface area contributed by atoms with Gasteiger partial charge in [0.15, 0.2) is 0 Å². The number of pyridine rings is 1. The third-order valence-corrected chi connectivity index (χ3v) is 2.43. The molecule has 0 fully saturated rings. The predicted molar refractivity (Wildman–Crippen MR) is 68.2 cm³/mol. The number of hydrogen-bond donors (Lipinski definition) is 1. The van der Waals surface area contributed by atoms with Crippen molar-refractivity contribution < 1.29 is 9.66 Å². The zero-order chi connectivity index (χ0) is 12.7. The van der Waals surface area contributed by atoms with Gasteiger partial charge in [0, 0.05) is 36.5 Å². The zero-order valence-corrected chi connectivity index (χ0v) is 11.1. The molecule has 0 spiro atoms. The number of rotatable bonds is 7. The van der Waals surface area contributed by atoms with Gasteiger partial charge in [-0.25, -0.2) is 4.98 Å². The second-order valence-electron chi connectivity index (χ2n) is 3.26. The Balaban J connectivity index is 2.55. The Hall–Kier alpha value is -1.21. The van der Waals surface area contributed by atoms with Gasteiger partial charge in [0.1, 0.15) is 0 Å². The van der Waals surface area contributed by atoms with Gasteiger partial charge in [0.2, 0.25) is 5.82 Å². The van der Waals surface area contributed by atoms with Crippen LogP contribution in [0.1, 0.15) is 13.3 Å². The van der Waals surface area contributed by atoms with Crippen LogP contribution in [0.2, 0.25) is 0 Å². The fourth-order valence-electron chi connectivity index (χ4n) is 1.23. The molecule has 0 aliphatic carbocycles. The summed E-state index contributed by atoms with van der Waals surface area (Å²) < 4.78 is 5.75. The van der Waals surface area contributed by atoms with Gasteiger partial charge in [-0.2, -0.15) is 0 Å². The molecule has 1 aromatic heterocycles. The van der Waals surface area contributed by atoms with E-state index in [2.05, 4.69) is 26.2 Å². The van der Waals surface area contributed by atoms with Crippen LogP contribution in [0.5, 0.6) is 0 Å². The summed E-state index contributed by atoms with van der Waals surface area (Å²) in [7, 11) is 0. The van der Waals surface area contributed by atoms with Gasteiger partial charge < -0.3 is 10.1 Å². The van der Waals surface area contributed by atoms with Crippen molar-refractivity contribution in [3.8, 4) is 0 Å². The molecule has 0 aliphatic heterocycles. The van der Waals surface area contributed by atoms with Crippen LogP contribution in [0.15, 0.2) is 16.7 Å². The molecular weight excluding hydrogens is 290 g/mol. The average molecular weight is 304 g/mol. The summed E-state index contributed by atoms with van der Waals surface area (Å²) in [6.07, 6.45) is 2.31. The van der Waals surface area contributed by atoms with Gasteiger partial charge in [-0.05, 0) is 29.3 Å². The van der Waals surface area contributed by atoms with E-state index in [1.807, 2.05) is 6.92 Å². The van der Waals surface area contributed by atoms with Crippen molar-refractivity contribution in [1.29, 1.82) is 0 Å². The summed E-state index contributed by atoms with van der Waals surface area (Å²) >= 11 is 3.15. The molecule has 1 aromatic rings. The van der Waals surface area contributed by atoms with E-state index in [0.717, 1.165) is 6.42 Å². The number of ether oxygens (including phenoxy) is 1. The Morgan fingerprint density at radius 2 is 2.41 bits per heavy atom. The van der Waals surface area contributed by atoms with E-state index in [0.29, 0.717) is 24.2 Å². The lowest BCUT2D eigenvalue weighted by Crippen LogP contribution is -2.08. The number of anilines is 1. The maximum absolute atomic E-state index is 10.8. The van der Waals surface area contributed by atoms with Crippen LogP contribution >= 0.6 is 15.9 Å². The Morgan fingerprint density at radius 3 is 3.06 bits per heavy atom. The maximum Gasteiger partial charge on any atom is 0.312 e. The molecule has 0 amide bonds. The highest BCUT2D eigenvalue weighted by Gasteiger charge is 2.14. The quantitative estimate of drug-likeness (QED) is 0.476. The van der Waals surface area contributed by atoms with Gasteiger partial charge in [0.05, 0.1) is 4.92 Å². The topological polar surface area (TPSA) is 77.3 Å². The SMILES string of the molecule is CCOCCCNc1ncc(Br)cc1[N+](=O)[O-]. The first-order chi connectivity index (χ1) is 8.15. The minimum Gasteiger partial charge on any atom is -0.382 e. The van der Waals surface area contributed by atoms with Crippen molar-refractivity contribution in [2.24, 2.45) is 0 Å². The molecular formula is C10H14BrN3O3. The van der Waals surface area contributed by atoms with Gasteiger partial charge in [-0.15, -0.1) is 0 Å². The molecule has 6 nitrogen and oxygen atoms in total. The van der Waals surface area contributed by atoms with E-state index >= 15 is 0 Å². The number of hydrogen-bond acceptors (Lipinski definition) is 5. The minimum atomic E-state index is -0.456.